The van der Waals surface area contributed by atoms with Crippen molar-refractivity contribution in [3.63, 3.8) is 0 Å². The lowest BCUT2D eigenvalue weighted by atomic mass is 10.5. The van der Waals surface area contributed by atoms with E-state index >= 15 is 0 Å². The molecule has 3 heterocycles. The van der Waals surface area contributed by atoms with Gasteiger partial charge in [0.25, 0.3) is 0 Å². The number of imidazole rings is 1. The summed E-state index contributed by atoms with van der Waals surface area (Å²) in [6.45, 7) is 0. The quantitative estimate of drug-likeness (QED) is 0.500. The summed E-state index contributed by atoms with van der Waals surface area (Å²) in [6, 6.07) is 0. The summed E-state index contributed by atoms with van der Waals surface area (Å²) < 4.78 is 3.71. The predicted octanol–water partition coefficient (Wildman–Crippen LogP) is 0.616. The summed E-state index contributed by atoms with van der Waals surface area (Å²) >= 11 is 0. The van der Waals surface area contributed by atoms with Crippen LogP contribution in [0.15, 0.2) is 24.8 Å². The van der Waals surface area contributed by atoms with Crippen LogP contribution in [0, 0.1) is 0 Å². The van der Waals surface area contributed by atoms with Crippen molar-refractivity contribution in [3.05, 3.63) is 24.8 Å². The maximum absolute atomic E-state index is 4.26. The molecule has 0 atom stereocenters. The maximum Gasteiger partial charge on any atom is 0.175 e. The van der Waals surface area contributed by atoms with Crippen LogP contribution < -0.4 is 0 Å². The highest BCUT2D eigenvalue weighted by Crippen LogP contribution is 2.11. The number of aromatic nitrogens is 5. The first-order chi connectivity index (χ1) is 6.36. The molecule has 0 bridgehead atoms. The first-order valence-corrected chi connectivity index (χ1v) is 3.96. The Morgan fingerprint density at radius 1 is 1.23 bits per heavy atom. The van der Waals surface area contributed by atoms with Gasteiger partial charge in [-0.05, 0) is 0 Å². The summed E-state index contributed by atoms with van der Waals surface area (Å²) in [6.07, 6.45) is 7.19. The normalized spacial score (nSPS) is 11.5. The second-order valence-electron chi connectivity index (χ2n) is 2.89. The van der Waals surface area contributed by atoms with E-state index < -0.39 is 0 Å². The van der Waals surface area contributed by atoms with E-state index in [0.29, 0.717) is 0 Å². The number of nitrogens with zero attached hydrogens (tertiary/aromatic N) is 5. The minimum Gasteiger partial charge on any atom is -0.294 e. The average molecular weight is 173 g/mol. The summed E-state index contributed by atoms with van der Waals surface area (Å²) in [5.74, 6) is 0. The fourth-order valence-electron chi connectivity index (χ4n) is 1.47. The zero-order valence-electron chi connectivity index (χ0n) is 7.05. The van der Waals surface area contributed by atoms with Gasteiger partial charge in [-0.3, -0.25) is 4.40 Å². The van der Waals surface area contributed by atoms with Gasteiger partial charge in [0.05, 0.1) is 12.4 Å². The van der Waals surface area contributed by atoms with Crippen molar-refractivity contribution in [1.82, 2.24) is 24.1 Å². The van der Waals surface area contributed by atoms with Crippen LogP contribution in [0.25, 0.3) is 16.8 Å². The summed E-state index contributed by atoms with van der Waals surface area (Å²) in [7, 11) is 1.87. The molecule has 0 radical (unpaired) electrons. The zero-order valence-corrected chi connectivity index (χ0v) is 7.05. The Labute approximate surface area is 73.6 Å². The highest BCUT2D eigenvalue weighted by molar-refractivity contribution is 5.73. The van der Waals surface area contributed by atoms with Gasteiger partial charge in [-0.25, -0.2) is 14.6 Å². The van der Waals surface area contributed by atoms with Crippen LogP contribution >= 0.6 is 0 Å². The van der Waals surface area contributed by atoms with E-state index in [1.54, 1.807) is 23.3 Å². The smallest absolute Gasteiger partial charge is 0.175 e. The van der Waals surface area contributed by atoms with E-state index in [1.807, 2.05) is 17.6 Å². The molecule has 64 valence electrons. The van der Waals surface area contributed by atoms with Crippen molar-refractivity contribution in [1.29, 1.82) is 0 Å². The lowest BCUT2D eigenvalue weighted by Crippen LogP contribution is -1.93. The van der Waals surface area contributed by atoms with Crippen molar-refractivity contribution in [2.24, 2.45) is 7.05 Å². The molecule has 0 aliphatic heterocycles. The summed E-state index contributed by atoms with van der Waals surface area (Å²) in [4.78, 5) is 8.40. The van der Waals surface area contributed by atoms with Crippen LogP contribution in [0.2, 0.25) is 0 Å². The topological polar surface area (TPSA) is 48.0 Å². The third-order valence-corrected chi connectivity index (χ3v) is 2.12. The van der Waals surface area contributed by atoms with Gasteiger partial charge in [0.2, 0.25) is 0 Å². The maximum atomic E-state index is 4.26. The Bertz CT molecular complexity index is 576. The van der Waals surface area contributed by atoms with Gasteiger partial charge in [0.1, 0.15) is 5.52 Å². The number of fused-ring (bicyclic) bond motifs is 3. The minimum atomic E-state index is 0.848. The van der Waals surface area contributed by atoms with Crippen LogP contribution in [0.3, 0.4) is 0 Å². The van der Waals surface area contributed by atoms with Gasteiger partial charge in [0.15, 0.2) is 11.3 Å². The molecule has 0 aliphatic carbocycles. The summed E-state index contributed by atoms with van der Waals surface area (Å²) in [5.41, 5.74) is 2.70. The Hall–Kier alpha value is -1.91. The van der Waals surface area contributed by atoms with E-state index in [-0.39, 0.29) is 0 Å². The number of aryl methyl sites for hydroxylation is 1. The molecule has 3 aromatic heterocycles. The zero-order chi connectivity index (χ0) is 8.84. The summed E-state index contributed by atoms with van der Waals surface area (Å²) in [5, 5.41) is 4.13. The van der Waals surface area contributed by atoms with E-state index in [9.17, 15) is 0 Å². The standard InChI is InChI=1S/C8H7N5/c1-12-8-6(4-11-12)13-3-2-9-7(13)5-10-8/h2-5H,1H3. The fourth-order valence-corrected chi connectivity index (χ4v) is 1.47. The highest BCUT2D eigenvalue weighted by atomic mass is 15.3. The largest absolute Gasteiger partial charge is 0.294 e. The first-order valence-electron chi connectivity index (χ1n) is 3.96. The molecule has 0 saturated heterocycles. The van der Waals surface area contributed by atoms with Gasteiger partial charge in [-0.15, -0.1) is 0 Å². The average Bonchev–Trinajstić information content (AvgIpc) is 2.70. The Balaban J connectivity index is 2.66. The van der Waals surface area contributed by atoms with Crippen molar-refractivity contribution >= 4 is 16.8 Å². The molecule has 3 aromatic rings. The second kappa shape index (κ2) is 2.07. The third-order valence-electron chi connectivity index (χ3n) is 2.12. The van der Waals surface area contributed by atoms with Gasteiger partial charge in [-0.2, -0.15) is 5.10 Å². The SMILES string of the molecule is Cn1ncc2c1ncc1nccn12. The third kappa shape index (κ3) is 0.729. The van der Waals surface area contributed by atoms with E-state index in [4.69, 9.17) is 0 Å². The van der Waals surface area contributed by atoms with Crippen molar-refractivity contribution in [2.75, 3.05) is 0 Å². The Morgan fingerprint density at radius 2 is 2.15 bits per heavy atom. The molecule has 13 heavy (non-hydrogen) atoms. The van der Waals surface area contributed by atoms with Gasteiger partial charge in [-0.1, -0.05) is 0 Å². The molecular weight excluding hydrogens is 166 g/mol. The highest BCUT2D eigenvalue weighted by Gasteiger charge is 2.04. The van der Waals surface area contributed by atoms with Gasteiger partial charge >= 0.3 is 0 Å². The molecule has 0 amide bonds. The Morgan fingerprint density at radius 3 is 3.08 bits per heavy atom. The van der Waals surface area contributed by atoms with Crippen LogP contribution in [-0.2, 0) is 7.05 Å². The van der Waals surface area contributed by atoms with Crippen molar-refractivity contribution in [3.8, 4) is 0 Å². The predicted molar refractivity (Wildman–Crippen MR) is 47.3 cm³/mol. The molecule has 3 rings (SSSR count). The van der Waals surface area contributed by atoms with Crippen molar-refractivity contribution < 1.29 is 0 Å². The van der Waals surface area contributed by atoms with Gasteiger partial charge < -0.3 is 0 Å². The Kier molecular flexibility index (Phi) is 1.05. The first kappa shape index (κ1) is 6.59. The lowest BCUT2D eigenvalue weighted by molar-refractivity contribution is 0.786. The molecule has 0 aromatic carbocycles. The molecule has 0 N–H and O–H groups in total. The molecule has 0 unspecified atom stereocenters. The van der Waals surface area contributed by atoms with Gasteiger partial charge in [0, 0.05) is 19.4 Å². The van der Waals surface area contributed by atoms with Crippen LogP contribution in [0.5, 0.6) is 0 Å². The van der Waals surface area contributed by atoms with E-state index in [2.05, 4.69) is 15.1 Å². The fraction of sp³-hybridized carbons (Fsp3) is 0.125. The van der Waals surface area contributed by atoms with Crippen LogP contribution in [0.4, 0.5) is 0 Å². The monoisotopic (exact) mass is 173 g/mol. The number of hydrogen-bond donors (Lipinski definition) is 0. The van der Waals surface area contributed by atoms with Crippen molar-refractivity contribution in [2.45, 2.75) is 0 Å². The molecule has 0 fully saturated rings. The molecule has 0 aliphatic rings. The number of hydrogen-bond acceptors (Lipinski definition) is 3. The molecular formula is C8H7N5. The van der Waals surface area contributed by atoms with E-state index in [1.165, 1.54) is 0 Å². The van der Waals surface area contributed by atoms with Crippen LogP contribution in [-0.4, -0.2) is 24.1 Å². The van der Waals surface area contributed by atoms with Crippen LogP contribution in [0.1, 0.15) is 0 Å². The van der Waals surface area contributed by atoms with E-state index in [0.717, 1.165) is 16.8 Å². The molecule has 5 nitrogen and oxygen atoms in total. The number of rotatable bonds is 0. The molecule has 0 spiro atoms. The lowest BCUT2D eigenvalue weighted by Gasteiger charge is -1.95. The molecule has 5 heteroatoms. The molecule has 0 saturated carbocycles. The second-order valence-corrected chi connectivity index (χ2v) is 2.89. The minimum absolute atomic E-state index is 0.848.